The van der Waals surface area contributed by atoms with Crippen LogP contribution in [0.3, 0.4) is 0 Å². The van der Waals surface area contributed by atoms with Gasteiger partial charge in [-0.05, 0) is 64.8 Å². The molecule has 17 heavy (non-hydrogen) atoms. The van der Waals surface area contributed by atoms with Gasteiger partial charge in [0, 0.05) is 0 Å². The number of rotatable bonds is 4. The van der Waals surface area contributed by atoms with Gasteiger partial charge in [-0.2, -0.15) is 0 Å². The maximum Gasteiger partial charge on any atom is 0.133 e. The molecule has 94 valence electrons. The molecule has 2 nitrogen and oxygen atoms in total. The predicted molar refractivity (Wildman–Crippen MR) is 74.4 cm³/mol. The third-order valence-corrected chi connectivity index (χ3v) is 4.51. The van der Waals surface area contributed by atoms with Gasteiger partial charge < -0.3 is 10.5 Å². The van der Waals surface area contributed by atoms with Gasteiger partial charge in [0.15, 0.2) is 0 Å². The number of methoxy groups -OCH3 is 1. The summed E-state index contributed by atoms with van der Waals surface area (Å²) in [5.74, 6) is 0.891. The van der Waals surface area contributed by atoms with E-state index < -0.39 is 0 Å². The lowest BCUT2D eigenvalue weighted by Crippen LogP contribution is -2.29. The Morgan fingerprint density at radius 3 is 2.59 bits per heavy atom. The fourth-order valence-electron chi connectivity index (χ4n) is 2.83. The second-order valence-corrected chi connectivity index (χ2v) is 5.91. The molecule has 0 amide bonds. The van der Waals surface area contributed by atoms with Crippen LogP contribution in [0.2, 0.25) is 0 Å². The Morgan fingerprint density at radius 1 is 1.35 bits per heavy atom. The Labute approximate surface area is 112 Å². The third-order valence-electron chi connectivity index (χ3n) is 3.89. The highest BCUT2D eigenvalue weighted by Crippen LogP contribution is 2.40. The zero-order valence-corrected chi connectivity index (χ0v) is 11.9. The van der Waals surface area contributed by atoms with Gasteiger partial charge in [0.05, 0.1) is 11.6 Å². The van der Waals surface area contributed by atoms with Gasteiger partial charge in [-0.15, -0.1) is 0 Å². The van der Waals surface area contributed by atoms with Gasteiger partial charge in [-0.25, -0.2) is 0 Å². The molecule has 2 rings (SSSR count). The highest BCUT2D eigenvalue weighted by atomic mass is 79.9. The van der Waals surface area contributed by atoms with E-state index in [4.69, 9.17) is 10.5 Å². The Balaban J connectivity index is 2.15. The molecule has 0 aliphatic heterocycles. The molecule has 1 saturated carbocycles. The van der Waals surface area contributed by atoms with Gasteiger partial charge in [0.2, 0.25) is 0 Å². The molecule has 1 aromatic carbocycles. The van der Waals surface area contributed by atoms with Crippen molar-refractivity contribution in [2.75, 3.05) is 13.7 Å². The predicted octanol–water partition coefficient (Wildman–Crippen LogP) is 3.52. The van der Waals surface area contributed by atoms with Crippen LogP contribution in [-0.4, -0.2) is 13.7 Å². The number of nitrogens with two attached hydrogens (primary N) is 1. The van der Waals surface area contributed by atoms with E-state index in [0.717, 1.165) is 23.2 Å². The first-order valence-corrected chi connectivity index (χ1v) is 7.01. The van der Waals surface area contributed by atoms with Crippen LogP contribution in [0.1, 0.15) is 31.2 Å². The SMILES string of the molecule is COc1ccc(CC2(CN)CCCC2)cc1Br. The first-order chi connectivity index (χ1) is 8.19. The van der Waals surface area contributed by atoms with Crippen LogP contribution in [0, 0.1) is 5.41 Å². The lowest BCUT2D eigenvalue weighted by Gasteiger charge is -2.27. The molecule has 1 fully saturated rings. The Hall–Kier alpha value is -0.540. The van der Waals surface area contributed by atoms with Gasteiger partial charge in [-0.3, -0.25) is 0 Å². The zero-order chi connectivity index (χ0) is 12.3. The molecule has 2 N–H and O–H groups in total. The zero-order valence-electron chi connectivity index (χ0n) is 10.3. The second-order valence-electron chi connectivity index (χ2n) is 5.06. The van der Waals surface area contributed by atoms with Gasteiger partial charge in [0.1, 0.15) is 5.75 Å². The van der Waals surface area contributed by atoms with Crippen LogP contribution in [0.5, 0.6) is 5.75 Å². The molecule has 0 spiro atoms. The van der Waals surface area contributed by atoms with E-state index in [9.17, 15) is 0 Å². The summed E-state index contributed by atoms with van der Waals surface area (Å²) >= 11 is 3.54. The van der Waals surface area contributed by atoms with E-state index in [-0.39, 0.29) is 0 Å². The molecular weight excluding hydrogens is 278 g/mol. The molecule has 1 aliphatic carbocycles. The average molecular weight is 298 g/mol. The Morgan fingerprint density at radius 2 is 2.06 bits per heavy atom. The normalized spacial score (nSPS) is 18.3. The van der Waals surface area contributed by atoms with E-state index in [1.54, 1.807) is 7.11 Å². The van der Waals surface area contributed by atoms with Crippen LogP contribution < -0.4 is 10.5 Å². The Bertz CT molecular complexity index is 386. The molecule has 0 heterocycles. The van der Waals surface area contributed by atoms with Crippen LogP contribution in [-0.2, 0) is 6.42 Å². The highest BCUT2D eigenvalue weighted by molar-refractivity contribution is 9.10. The van der Waals surface area contributed by atoms with Crippen molar-refractivity contribution in [1.29, 1.82) is 0 Å². The van der Waals surface area contributed by atoms with Gasteiger partial charge in [0.25, 0.3) is 0 Å². The number of ether oxygens (including phenoxy) is 1. The van der Waals surface area contributed by atoms with Crippen molar-refractivity contribution < 1.29 is 4.74 Å². The average Bonchev–Trinajstić information content (AvgIpc) is 2.79. The fraction of sp³-hybridized carbons (Fsp3) is 0.571. The maximum atomic E-state index is 5.97. The standard InChI is InChI=1S/C14H20BrNO/c1-17-13-5-4-11(8-12(13)15)9-14(10-16)6-2-3-7-14/h4-5,8H,2-3,6-7,9-10,16H2,1H3. The first kappa shape index (κ1) is 12.9. The molecule has 1 aliphatic rings. The van der Waals surface area contributed by atoms with Gasteiger partial charge in [-0.1, -0.05) is 18.9 Å². The number of halogens is 1. The molecular formula is C14H20BrNO. The number of hydrogen-bond donors (Lipinski definition) is 1. The summed E-state index contributed by atoms with van der Waals surface area (Å²) in [6.45, 7) is 0.802. The van der Waals surface area contributed by atoms with E-state index in [2.05, 4.69) is 28.1 Å². The molecule has 0 aromatic heterocycles. The summed E-state index contributed by atoms with van der Waals surface area (Å²) in [5, 5.41) is 0. The summed E-state index contributed by atoms with van der Waals surface area (Å²) in [6, 6.07) is 6.34. The third kappa shape index (κ3) is 2.83. The summed E-state index contributed by atoms with van der Waals surface area (Å²) < 4.78 is 6.28. The van der Waals surface area contributed by atoms with E-state index in [1.165, 1.54) is 31.2 Å². The molecule has 0 bridgehead atoms. The number of benzene rings is 1. The number of hydrogen-bond acceptors (Lipinski definition) is 2. The fourth-order valence-corrected chi connectivity index (χ4v) is 3.42. The summed E-state index contributed by atoms with van der Waals surface area (Å²) in [5.41, 5.74) is 7.67. The van der Waals surface area contributed by atoms with Crippen molar-refractivity contribution >= 4 is 15.9 Å². The van der Waals surface area contributed by atoms with Crippen molar-refractivity contribution in [3.05, 3.63) is 28.2 Å². The van der Waals surface area contributed by atoms with Crippen LogP contribution >= 0.6 is 15.9 Å². The van der Waals surface area contributed by atoms with Crippen molar-refractivity contribution in [3.63, 3.8) is 0 Å². The molecule has 3 heteroatoms. The highest BCUT2D eigenvalue weighted by Gasteiger charge is 2.32. The molecule has 0 unspecified atom stereocenters. The second kappa shape index (κ2) is 5.40. The van der Waals surface area contributed by atoms with Crippen LogP contribution in [0.15, 0.2) is 22.7 Å². The van der Waals surface area contributed by atoms with Crippen LogP contribution in [0.4, 0.5) is 0 Å². The van der Waals surface area contributed by atoms with E-state index in [0.29, 0.717) is 5.41 Å². The Kier molecular flexibility index (Phi) is 4.10. The minimum atomic E-state index is 0.341. The molecule has 0 saturated heterocycles. The lowest BCUT2D eigenvalue weighted by atomic mass is 9.80. The summed E-state index contributed by atoms with van der Waals surface area (Å²) in [6.07, 6.45) is 6.29. The monoisotopic (exact) mass is 297 g/mol. The summed E-state index contributed by atoms with van der Waals surface area (Å²) in [4.78, 5) is 0. The molecule has 0 atom stereocenters. The minimum Gasteiger partial charge on any atom is -0.496 e. The largest absolute Gasteiger partial charge is 0.496 e. The summed E-state index contributed by atoms with van der Waals surface area (Å²) in [7, 11) is 1.69. The molecule has 1 aromatic rings. The lowest BCUT2D eigenvalue weighted by molar-refractivity contribution is 0.306. The first-order valence-electron chi connectivity index (χ1n) is 6.22. The van der Waals surface area contributed by atoms with Crippen molar-refractivity contribution in [1.82, 2.24) is 0 Å². The minimum absolute atomic E-state index is 0.341. The van der Waals surface area contributed by atoms with Crippen molar-refractivity contribution in [2.45, 2.75) is 32.1 Å². The topological polar surface area (TPSA) is 35.2 Å². The van der Waals surface area contributed by atoms with Crippen molar-refractivity contribution in [3.8, 4) is 5.75 Å². The van der Waals surface area contributed by atoms with Crippen molar-refractivity contribution in [2.24, 2.45) is 11.1 Å². The smallest absolute Gasteiger partial charge is 0.133 e. The van der Waals surface area contributed by atoms with E-state index in [1.807, 2.05) is 6.07 Å². The van der Waals surface area contributed by atoms with Gasteiger partial charge >= 0.3 is 0 Å². The van der Waals surface area contributed by atoms with Crippen LogP contribution in [0.25, 0.3) is 0 Å². The quantitative estimate of drug-likeness (QED) is 0.923. The maximum absolute atomic E-state index is 5.97. The molecule has 0 radical (unpaired) electrons. The van der Waals surface area contributed by atoms with E-state index >= 15 is 0 Å².